The number of benzene rings is 2. The van der Waals surface area contributed by atoms with E-state index in [9.17, 15) is 4.39 Å². The van der Waals surface area contributed by atoms with Gasteiger partial charge in [-0.3, -0.25) is 0 Å². The van der Waals surface area contributed by atoms with Crippen LogP contribution in [0.15, 0.2) is 53.1 Å². The zero-order valence-corrected chi connectivity index (χ0v) is 11.8. The van der Waals surface area contributed by atoms with Crippen LogP contribution in [0, 0.1) is 5.82 Å². The van der Waals surface area contributed by atoms with Gasteiger partial charge in [0.05, 0.1) is 6.04 Å². The number of anilines is 1. The van der Waals surface area contributed by atoms with Gasteiger partial charge in [-0.15, -0.1) is 0 Å². The monoisotopic (exact) mass is 295 g/mol. The highest BCUT2D eigenvalue weighted by Crippen LogP contribution is 2.34. The molecule has 0 fully saturated rings. The molecule has 0 saturated carbocycles. The van der Waals surface area contributed by atoms with Gasteiger partial charge >= 0.3 is 6.01 Å². The predicted octanol–water partition coefficient (Wildman–Crippen LogP) is 3.98. The summed E-state index contributed by atoms with van der Waals surface area (Å²) in [6.45, 7) is 0. The predicted molar refractivity (Wildman–Crippen MR) is 80.8 cm³/mol. The van der Waals surface area contributed by atoms with E-state index in [-0.39, 0.29) is 11.9 Å². The van der Waals surface area contributed by atoms with Gasteiger partial charge in [-0.1, -0.05) is 41.6 Å². The molecule has 2 aromatic carbocycles. The summed E-state index contributed by atoms with van der Waals surface area (Å²) in [7, 11) is 0. The number of nitrogens with one attached hydrogen (secondary N) is 1. The van der Waals surface area contributed by atoms with Crippen LogP contribution in [0.5, 0.6) is 0 Å². The average Bonchev–Trinajstić information content (AvgIpc) is 3.16. The van der Waals surface area contributed by atoms with Crippen molar-refractivity contribution in [3.63, 3.8) is 0 Å². The molecule has 1 atom stereocenters. The van der Waals surface area contributed by atoms with E-state index < -0.39 is 0 Å². The molecule has 0 saturated heterocycles. The Hall–Kier alpha value is -2.69. The van der Waals surface area contributed by atoms with Gasteiger partial charge in [-0.25, -0.2) is 4.39 Å². The number of nitrogens with zero attached hydrogens (tertiary/aromatic N) is 2. The average molecular weight is 295 g/mol. The van der Waals surface area contributed by atoms with Gasteiger partial charge < -0.3 is 9.84 Å². The van der Waals surface area contributed by atoms with Gasteiger partial charge in [0.1, 0.15) is 5.82 Å². The number of aryl methyl sites for hydroxylation is 1. The summed E-state index contributed by atoms with van der Waals surface area (Å²) >= 11 is 0. The third-order valence-electron chi connectivity index (χ3n) is 3.94. The molecule has 5 heteroatoms. The Morgan fingerprint density at radius 3 is 2.86 bits per heavy atom. The van der Waals surface area contributed by atoms with Crippen molar-refractivity contribution in [1.29, 1.82) is 0 Å². The van der Waals surface area contributed by atoms with Gasteiger partial charge in [0, 0.05) is 5.56 Å². The molecule has 1 N–H and O–H groups in total. The Morgan fingerprint density at radius 2 is 2.00 bits per heavy atom. The van der Waals surface area contributed by atoms with Crippen molar-refractivity contribution >= 4 is 6.01 Å². The maximum atomic E-state index is 13.4. The highest BCUT2D eigenvalue weighted by atomic mass is 19.1. The molecule has 1 unspecified atom stereocenters. The lowest BCUT2D eigenvalue weighted by atomic mass is 10.1. The summed E-state index contributed by atoms with van der Waals surface area (Å²) in [6.07, 6.45) is 1.81. The summed E-state index contributed by atoms with van der Waals surface area (Å²) in [5.74, 6) is 0.323. The Kier molecular flexibility index (Phi) is 3.11. The molecule has 0 aliphatic heterocycles. The molecule has 0 spiro atoms. The molecule has 0 amide bonds. The third-order valence-corrected chi connectivity index (χ3v) is 3.94. The summed E-state index contributed by atoms with van der Waals surface area (Å²) < 4.78 is 18.7. The first-order valence-electron chi connectivity index (χ1n) is 7.23. The maximum Gasteiger partial charge on any atom is 0.322 e. The maximum absolute atomic E-state index is 13.4. The minimum absolute atomic E-state index is 0.00905. The standard InChI is InChI=1S/C17H14FN3O/c18-13-8-6-11-7-9-15(14(11)10-13)19-17-20-16(21-22-17)12-4-2-1-3-5-12/h1-6,8,10,15H,7,9H2,(H,19,20,21). The smallest absolute Gasteiger partial charge is 0.322 e. The lowest BCUT2D eigenvalue weighted by Crippen LogP contribution is -2.07. The van der Waals surface area contributed by atoms with Crippen LogP contribution in [-0.2, 0) is 6.42 Å². The lowest BCUT2D eigenvalue weighted by Gasteiger charge is -2.11. The van der Waals surface area contributed by atoms with Crippen LogP contribution in [0.4, 0.5) is 10.4 Å². The molecule has 1 aromatic heterocycles. The molecular weight excluding hydrogens is 281 g/mol. The minimum Gasteiger partial charge on any atom is -0.331 e. The van der Waals surface area contributed by atoms with Crippen molar-refractivity contribution in [2.75, 3.05) is 5.32 Å². The van der Waals surface area contributed by atoms with Crippen molar-refractivity contribution in [2.24, 2.45) is 0 Å². The van der Waals surface area contributed by atoms with Gasteiger partial charge in [0.2, 0.25) is 5.82 Å². The van der Waals surface area contributed by atoms with E-state index in [1.165, 1.54) is 11.6 Å². The van der Waals surface area contributed by atoms with Crippen LogP contribution in [0.1, 0.15) is 23.6 Å². The molecule has 22 heavy (non-hydrogen) atoms. The molecule has 3 aromatic rings. The van der Waals surface area contributed by atoms with E-state index >= 15 is 0 Å². The van der Waals surface area contributed by atoms with Crippen molar-refractivity contribution in [2.45, 2.75) is 18.9 Å². The molecule has 0 bridgehead atoms. The second kappa shape index (κ2) is 5.26. The van der Waals surface area contributed by atoms with Crippen LogP contribution in [0.3, 0.4) is 0 Å². The summed E-state index contributed by atoms with van der Waals surface area (Å²) in [6, 6.07) is 14.9. The Labute approximate surface area is 127 Å². The zero-order chi connectivity index (χ0) is 14.9. The van der Waals surface area contributed by atoms with E-state index in [1.807, 2.05) is 36.4 Å². The van der Waals surface area contributed by atoms with Crippen molar-refractivity contribution in [3.05, 3.63) is 65.5 Å². The van der Waals surface area contributed by atoms with Crippen LogP contribution >= 0.6 is 0 Å². The number of hydrogen-bond acceptors (Lipinski definition) is 4. The molecule has 0 radical (unpaired) electrons. The van der Waals surface area contributed by atoms with E-state index in [4.69, 9.17) is 4.52 Å². The fourth-order valence-electron chi connectivity index (χ4n) is 2.86. The van der Waals surface area contributed by atoms with Crippen molar-refractivity contribution in [1.82, 2.24) is 10.1 Å². The van der Waals surface area contributed by atoms with Gasteiger partial charge in [0.15, 0.2) is 0 Å². The topological polar surface area (TPSA) is 51.0 Å². The Balaban J connectivity index is 1.56. The molecule has 4 nitrogen and oxygen atoms in total. The van der Waals surface area contributed by atoms with E-state index in [0.29, 0.717) is 11.8 Å². The first-order valence-corrected chi connectivity index (χ1v) is 7.23. The molecule has 1 heterocycles. The highest BCUT2D eigenvalue weighted by Gasteiger charge is 2.24. The fourth-order valence-corrected chi connectivity index (χ4v) is 2.86. The van der Waals surface area contributed by atoms with Crippen LogP contribution in [-0.4, -0.2) is 10.1 Å². The summed E-state index contributed by atoms with van der Waals surface area (Å²) in [4.78, 5) is 4.36. The van der Waals surface area contributed by atoms with E-state index in [0.717, 1.165) is 24.0 Å². The minimum atomic E-state index is -0.219. The second-order valence-corrected chi connectivity index (χ2v) is 5.37. The fraction of sp³-hybridized carbons (Fsp3) is 0.176. The number of hydrogen-bond donors (Lipinski definition) is 1. The first kappa shape index (κ1) is 13.0. The quantitative estimate of drug-likeness (QED) is 0.794. The first-order chi connectivity index (χ1) is 10.8. The van der Waals surface area contributed by atoms with E-state index in [1.54, 1.807) is 6.07 Å². The number of rotatable bonds is 3. The normalized spacial score (nSPS) is 16.5. The number of halogens is 1. The van der Waals surface area contributed by atoms with Gasteiger partial charge in [0.25, 0.3) is 0 Å². The van der Waals surface area contributed by atoms with Crippen molar-refractivity contribution < 1.29 is 8.91 Å². The Bertz CT molecular complexity index is 801. The molecule has 1 aliphatic carbocycles. The lowest BCUT2D eigenvalue weighted by molar-refractivity contribution is 0.427. The molecule has 110 valence electrons. The zero-order valence-electron chi connectivity index (χ0n) is 11.8. The molecule has 1 aliphatic rings. The highest BCUT2D eigenvalue weighted by molar-refractivity contribution is 5.55. The molecule has 4 rings (SSSR count). The van der Waals surface area contributed by atoms with Crippen molar-refractivity contribution in [3.8, 4) is 11.4 Å². The van der Waals surface area contributed by atoms with Gasteiger partial charge in [-0.05, 0) is 36.1 Å². The number of aromatic nitrogens is 2. The van der Waals surface area contributed by atoms with Crippen LogP contribution in [0.25, 0.3) is 11.4 Å². The number of fused-ring (bicyclic) bond motifs is 1. The van der Waals surface area contributed by atoms with Crippen LogP contribution < -0.4 is 5.32 Å². The Morgan fingerprint density at radius 1 is 1.14 bits per heavy atom. The molecular formula is C17H14FN3O. The van der Waals surface area contributed by atoms with E-state index in [2.05, 4.69) is 15.5 Å². The largest absolute Gasteiger partial charge is 0.331 e. The summed E-state index contributed by atoms with van der Waals surface area (Å²) in [5, 5.41) is 7.19. The SMILES string of the molecule is Fc1ccc2c(c1)C(Nc1nc(-c3ccccc3)no1)CC2. The van der Waals surface area contributed by atoms with Crippen LogP contribution in [0.2, 0.25) is 0 Å². The summed E-state index contributed by atoms with van der Waals surface area (Å²) in [5.41, 5.74) is 3.04. The second-order valence-electron chi connectivity index (χ2n) is 5.37. The van der Waals surface area contributed by atoms with Gasteiger partial charge in [-0.2, -0.15) is 4.98 Å². The third kappa shape index (κ3) is 2.35.